The Morgan fingerprint density at radius 3 is 2.24 bits per heavy atom. The van der Waals surface area contributed by atoms with Crippen LogP contribution in [0.2, 0.25) is 0 Å². The second-order valence-electron chi connectivity index (χ2n) is 5.65. The Hall–Kier alpha value is -2.08. The number of nitrogens with two attached hydrogens (primary N) is 2. The molecule has 1 aromatic carbocycles. The van der Waals surface area contributed by atoms with Crippen LogP contribution in [0.5, 0.6) is 0 Å². The van der Waals surface area contributed by atoms with E-state index >= 15 is 0 Å². The van der Waals surface area contributed by atoms with Gasteiger partial charge < -0.3 is 22.1 Å². The molecule has 6 heteroatoms. The molecule has 1 unspecified atom stereocenters. The second-order valence-corrected chi connectivity index (χ2v) is 5.65. The Morgan fingerprint density at radius 1 is 1.24 bits per heavy atom. The van der Waals surface area contributed by atoms with Crippen molar-refractivity contribution in [2.45, 2.75) is 32.9 Å². The fourth-order valence-electron chi connectivity index (χ4n) is 1.73. The SMILES string of the molecule is CC(C)C(C)(CN)NC(=O)c1ccc(CNC(N)=O)cc1. The van der Waals surface area contributed by atoms with E-state index in [9.17, 15) is 9.59 Å². The van der Waals surface area contributed by atoms with Crippen molar-refractivity contribution >= 4 is 11.9 Å². The molecule has 0 spiro atoms. The summed E-state index contributed by atoms with van der Waals surface area (Å²) in [7, 11) is 0. The van der Waals surface area contributed by atoms with E-state index in [4.69, 9.17) is 11.5 Å². The van der Waals surface area contributed by atoms with Gasteiger partial charge in [0, 0.05) is 18.7 Å². The van der Waals surface area contributed by atoms with Crippen molar-refractivity contribution in [3.63, 3.8) is 0 Å². The third-order valence-corrected chi connectivity index (χ3v) is 3.78. The summed E-state index contributed by atoms with van der Waals surface area (Å²) in [5.41, 5.74) is 11.7. The van der Waals surface area contributed by atoms with Gasteiger partial charge >= 0.3 is 6.03 Å². The van der Waals surface area contributed by atoms with Crippen LogP contribution in [0, 0.1) is 5.92 Å². The zero-order chi connectivity index (χ0) is 16.0. The maximum Gasteiger partial charge on any atom is 0.312 e. The first-order valence-corrected chi connectivity index (χ1v) is 6.93. The number of rotatable bonds is 6. The molecule has 0 heterocycles. The standard InChI is InChI=1S/C15H24N4O2/c1-10(2)15(3,9-16)19-13(20)12-6-4-11(5-7-12)8-18-14(17)21/h4-7,10H,8-9,16H2,1-3H3,(H,19,20)(H3,17,18,21). The molecule has 3 amide bonds. The van der Waals surface area contributed by atoms with Crippen LogP contribution in [-0.2, 0) is 6.54 Å². The van der Waals surface area contributed by atoms with Crippen molar-refractivity contribution in [3.8, 4) is 0 Å². The first kappa shape index (κ1) is 17.0. The zero-order valence-corrected chi connectivity index (χ0v) is 12.8. The summed E-state index contributed by atoms with van der Waals surface area (Å²) in [6, 6.07) is 6.40. The summed E-state index contributed by atoms with van der Waals surface area (Å²) in [6.07, 6.45) is 0. The number of primary amides is 1. The molecular weight excluding hydrogens is 268 g/mol. The molecule has 116 valence electrons. The number of nitrogens with one attached hydrogen (secondary N) is 2. The Kier molecular flexibility index (Phi) is 5.72. The Balaban J connectivity index is 2.73. The van der Waals surface area contributed by atoms with Crippen molar-refractivity contribution in [1.29, 1.82) is 0 Å². The van der Waals surface area contributed by atoms with Crippen LogP contribution in [0.25, 0.3) is 0 Å². The topological polar surface area (TPSA) is 110 Å². The third-order valence-electron chi connectivity index (χ3n) is 3.78. The molecule has 0 aromatic heterocycles. The fourth-order valence-corrected chi connectivity index (χ4v) is 1.73. The van der Waals surface area contributed by atoms with E-state index in [0.29, 0.717) is 18.7 Å². The minimum Gasteiger partial charge on any atom is -0.352 e. The second kappa shape index (κ2) is 7.08. The summed E-state index contributed by atoms with van der Waals surface area (Å²) >= 11 is 0. The summed E-state index contributed by atoms with van der Waals surface area (Å²) in [5.74, 6) is 0.0663. The quantitative estimate of drug-likeness (QED) is 0.626. The van der Waals surface area contributed by atoms with E-state index in [2.05, 4.69) is 10.6 Å². The van der Waals surface area contributed by atoms with Gasteiger partial charge in [0.25, 0.3) is 5.91 Å². The highest BCUT2D eigenvalue weighted by Crippen LogP contribution is 2.16. The summed E-state index contributed by atoms with van der Waals surface area (Å²) in [6.45, 7) is 6.68. The van der Waals surface area contributed by atoms with Crippen LogP contribution >= 0.6 is 0 Å². The van der Waals surface area contributed by atoms with Crippen molar-refractivity contribution in [1.82, 2.24) is 10.6 Å². The largest absolute Gasteiger partial charge is 0.352 e. The molecule has 21 heavy (non-hydrogen) atoms. The van der Waals surface area contributed by atoms with Crippen LogP contribution in [0.4, 0.5) is 4.79 Å². The number of hydrogen-bond donors (Lipinski definition) is 4. The number of amides is 3. The number of carbonyl (C=O) groups is 2. The molecule has 1 aromatic rings. The highest BCUT2D eigenvalue weighted by Gasteiger charge is 2.28. The summed E-state index contributed by atoms with van der Waals surface area (Å²) < 4.78 is 0. The van der Waals surface area contributed by atoms with Gasteiger partial charge in [-0.1, -0.05) is 26.0 Å². The van der Waals surface area contributed by atoms with Gasteiger partial charge in [0.15, 0.2) is 0 Å². The minimum absolute atomic E-state index is 0.161. The molecule has 1 rings (SSSR count). The monoisotopic (exact) mass is 292 g/mol. The van der Waals surface area contributed by atoms with Crippen molar-refractivity contribution < 1.29 is 9.59 Å². The number of hydrogen-bond acceptors (Lipinski definition) is 3. The fraction of sp³-hybridized carbons (Fsp3) is 0.467. The lowest BCUT2D eigenvalue weighted by Crippen LogP contribution is -2.55. The molecular formula is C15H24N4O2. The molecule has 0 aliphatic carbocycles. The average molecular weight is 292 g/mol. The molecule has 0 saturated carbocycles. The summed E-state index contributed by atoms with van der Waals surface area (Å²) in [4.78, 5) is 22.9. The van der Waals surface area contributed by atoms with Gasteiger partial charge in [-0.05, 0) is 30.5 Å². The molecule has 0 bridgehead atoms. The predicted molar refractivity (Wildman–Crippen MR) is 82.6 cm³/mol. The molecule has 0 saturated heterocycles. The number of urea groups is 1. The van der Waals surface area contributed by atoms with Crippen LogP contribution < -0.4 is 22.1 Å². The Morgan fingerprint density at radius 2 is 1.81 bits per heavy atom. The molecule has 0 aliphatic heterocycles. The molecule has 0 aliphatic rings. The molecule has 6 nitrogen and oxygen atoms in total. The molecule has 6 N–H and O–H groups in total. The smallest absolute Gasteiger partial charge is 0.312 e. The highest BCUT2D eigenvalue weighted by molar-refractivity contribution is 5.94. The van der Waals surface area contributed by atoms with Crippen LogP contribution in [-0.4, -0.2) is 24.0 Å². The Bertz CT molecular complexity index is 499. The normalized spacial score (nSPS) is 13.6. The summed E-state index contributed by atoms with van der Waals surface area (Å²) in [5, 5.41) is 5.47. The molecule has 0 radical (unpaired) electrons. The van der Waals surface area contributed by atoms with E-state index in [1.54, 1.807) is 24.3 Å². The number of carbonyl (C=O) groups excluding carboxylic acids is 2. The van der Waals surface area contributed by atoms with Crippen molar-refractivity contribution in [2.75, 3.05) is 6.54 Å². The van der Waals surface area contributed by atoms with Gasteiger partial charge in [0.05, 0.1) is 5.54 Å². The van der Waals surface area contributed by atoms with Crippen LogP contribution in [0.15, 0.2) is 24.3 Å². The lowest BCUT2D eigenvalue weighted by atomic mass is 9.88. The van der Waals surface area contributed by atoms with Gasteiger partial charge in [-0.25, -0.2) is 4.79 Å². The first-order valence-electron chi connectivity index (χ1n) is 6.93. The van der Waals surface area contributed by atoms with Gasteiger partial charge in [-0.3, -0.25) is 4.79 Å². The van der Waals surface area contributed by atoms with E-state index in [1.807, 2.05) is 20.8 Å². The lowest BCUT2D eigenvalue weighted by Gasteiger charge is -2.33. The minimum atomic E-state index is -0.576. The van der Waals surface area contributed by atoms with Gasteiger partial charge in [0.2, 0.25) is 0 Å². The van der Waals surface area contributed by atoms with Crippen LogP contribution in [0.3, 0.4) is 0 Å². The van der Waals surface area contributed by atoms with E-state index in [1.165, 1.54) is 0 Å². The van der Waals surface area contributed by atoms with Gasteiger partial charge in [-0.2, -0.15) is 0 Å². The highest BCUT2D eigenvalue weighted by atomic mass is 16.2. The van der Waals surface area contributed by atoms with Crippen molar-refractivity contribution in [2.24, 2.45) is 17.4 Å². The average Bonchev–Trinajstić information content (AvgIpc) is 2.45. The molecule has 0 fully saturated rings. The maximum atomic E-state index is 12.2. The maximum absolute atomic E-state index is 12.2. The zero-order valence-electron chi connectivity index (χ0n) is 12.8. The predicted octanol–water partition coefficient (Wildman–Crippen LogP) is 0.958. The first-order chi connectivity index (χ1) is 9.78. The van der Waals surface area contributed by atoms with Gasteiger partial charge in [0.1, 0.15) is 0 Å². The van der Waals surface area contributed by atoms with E-state index < -0.39 is 11.6 Å². The Labute approximate surface area is 125 Å². The van der Waals surface area contributed by atoms with Crippen LogP contribution in [0.1, 0.15) is 36.7 Å². The lowest BCUT2D eigenvalue weighted by molar-refractivity contribution is 0.0883. The van der Waals surface area contributed by atoms with E-state index in [-0.39, 0.29) is 11.8 Å². The number of benzene rings is 1. The van der Waals surface area contributed by atoms with Gasteiger partial charge in [-0.15, -0.1) is 0 Å². The van der Waals surface area contributed by atoms with Crippen molar-refractivity contribution in [3.05, 3.63) is 35.4 Å². The van der Waals surface area contributed by atoms with E-state index in [0.717, 1.165) is 5.56 Å². The third kappa shape index (κ3) is 4.75. The molecule has 1 atom stereocenters.